The molecule has 1 aliphatic carbocycles. The van der Waals surface area contributed by atoms with E-state index in [2.05, 4.69) is 46.1 Å². The highest BCUT2D eigenvalue weighted by molar-refractivity contribution is 6.48. The molecule has 1 saturated heterocycles. The van der Waals surface area contributed by atoms with Gasteiger partial charge in [-0.1, -0.05) is 45.0 Å². The normalized spacial score (nSPS) is 28.2. The van der Waals surface area contributed by atoms with Gasteiger partial charge in [0.1, 0.15) is 0 Å². The number of rotatable bonds is 4. The zero-order valence-electron chi connectivity index (χ0n) is 16.8. The number of amides is 1. The van der Waals surface area contributed by atoms with Gasteiger partial charge in [0.05, 0.1) is 17.6 Å². The summed E-state index contributed by atoms with van der Waals surface area (Å²) in [6.45, 7) is 12.7. The van der Waals surface area contributed by atoms with Gasteiger partial charge in [-0.05, 0) is 43.8 Å². The molecule has 0 saturated carbocycles. The number of carbonyl (C=O) groups excluding carboxylic acids is 2. The monoisotopic (exact) mass is 373 g/mol. The first kappa shape index (κ1) is 19.3. The Labute approximate surface area is 158 Å². The number of hydrogen-bond acceptors (Lipinski definition) is 3. The maximum atomic E-state index is 13.1. The van der Waals surface area contributed by atoms with E-state index in [9.17, 15) is 9.59 Å². The minimum absolute atomic E-state index is 0.0220. The van der Waals surface area contributed by atoms with Gasteiger partial charge >= 0.3 is 0 Å². The van der Waals surface area contributed by atoms with Gasteiger partial charge < -0.3 is 9.74 Å². The van der Waals surface area contributed by atoms with Gasteiger partial charge in [-0.3, -0.25) is 9.59 Å². The van der Waals surface area contributed by atoms with Crippen LogP contribution >= 0.6 is 0 Å². The third-order valence-electron chi connectivity index (χ3n) is 6.29. The van der Waals surface area contributed by atoms with Crippen molar-refractivity contribution in [1.82, 2.24) is 5.32 Å². The molecule has 4 atom stereocenters. The lowest BCUT2D eigenvalue weighted by atomic mass is 9.60. The maximum Gasteiger partial charge on any atom is 0.228 e. The van der Waals surface area contributed by atoms with E-state index in [0.29, 0.717) is 0 Å². The van der Waals surface area contributed by atoms with Crippen molar-refractivity contribution in [2.75, 3.05) is 0 Å². The fourth-order valence-electron chi connectivity index (χ4n) is 4.50. The standard InChI is InChI=1S/C21H31NO3Si/c1-20(2,3)21(4,25-26(5)6)16-17(22-19(16)24)15-12-11-13-9-7-8-10-14(13)18(15)23/h7-10,15-17,26H,11-12H2,1-6H3,(H,22,24)/t15-,16+,17+,21+/m0/s1. The summed E-state index contributed by atoms with van der Waals surface area (Å²) in [7, 11) is -1.36. The van der Waals surface area contributed by atoms with E-state index in [-0.39, 0.29) is 35.0 Å². The summed E-state index contributed by atoms with van der Waals surface area (Å²) in [4.78, 5) is 25.7. The van der Waals surface area contributed by atoms with Crippen LogP contribution in [0.1, 0.15) is 50.0 Å². The Hall–Kier alpha value is -1.46. The molecule has 4 nitrogen and oxygen atoms in total. The first-order valence-electron chi connectivity index (χ1n) is 9.66. The average Bonchev–Trinajstić information content (AvgIpc) is 2.52. The summed E-state index contributed by atoms with van der Waals surface area (Å²) in [6.07, 6.45) is 1.67. The molecule has 0 bridgehead atoms. The average molecular weight is 374 g/mol. The van der Waals surface area contributed by atoms with Gasteiger partial charge in [0.25, 0.3) is 0 Å². The number of hydrogen-bond donors (Lipinski definition) is 1. The van der Waals surface area contributed by atoms with E-state index in [0.717, 1.165) is 24.0 Å². The van der Waals surface area contributed by atoms with Crippen molar-refractivity contribution in [2.45, 2.75) is 65.3 Å². The highest BCUT2D eigenvalue weighted by atomic mass is 28.3. The van der Waals surface area contributed by atoms with E-state index in [1.807, 2.05) is 24.3 Å². The Bertz CT molecular complexity index is 724. The zero-order chi connectivity index (χ0) is 19.3. The molecule has 3 rings (SSSR count). The summed E-state index contributed by atoms with van der Waals surface area (Å²) in [5.74, 6) is -0.253. The second-order valence-corrected chi connectivity index (χ2v) is 11.5. The lowest BCUT2D eigenvalue weighted by Crippen LogP contribution is -2.73. The smallest absolute Gasteiger partial charge is 0.228 e. The number of benzene rings is 1. The van der Waals surface area contributed by atoms with Crippen LogP contribution in [0.15, 0.2) is 24.3 Å². The predicted octanol–water partition coefficient (Wildman–Crippen LogP) is 3.35. The molecule has 26 heavy (non-hydrogen) atoms. The highest BCUT2D eigenvalue weighted by Gasteiger charge is 2.60. The van der Waals surface area contributed by atoms with Gasteiger partial charge in [0.15, 0.2) is 14.8 Å². The molecular formula is C21H31NO3Si. The van der Waals surface area contributed by atoms with Gasteiger partial charge in [0, 0.05) is 11.5 Å². The van der Waals surface area contributed by atoms with Gasteiger partial charge in [-0.2, -0.15) is 0 Å². The molecule has 5 heteroatoms. The largest absolute Gasteiger partial charge is 0.414 e. The molecule has 1 aromatic carbocycles. The van der Waals surface area contributed by atoms with Crippen LogP contribution in [0.25, 0.3) is 0 Å². The van der Waals surface area contributed by atoms with Crippen molar-refractivity contribution in [2.24, 2.45) is 17.3 Å². The van der Waals surface area contributed by atoms with Crippen molar-refractivity contribution < 1.29 is 14.0 Å². The number of ketones is 1. The SMILES string of the molecule is C[SiH](C)O[C@](C)([C@H]1C(=O)N[C@@H]1[C@@H]1CCc2ccccc2C1=O)C(C)(C)C. The van der Waals surface area contributed by atoms with Crippen LogP contribution in [-0.2, 0) is 15.6 Å². The fraction of sp³-hybridized carbons (Fsp3) is 0.619. The number of aryl methyl sites for hydroxylation is 1. The molecule has 0 aromatic heterocycles. The van der Waals surface area contributed by atoms with E-state index in [4.69, 9.17) is 4.43 Å². The summed E-state index contributed by atoms with van der Waals surface area (Å²) in [5.41, 5.74) is 1.18. The molecule has 1 fully saturated rings. The fourth-order valence-corrected chi connectivity index (χ4v) is 5.98. The zero-order valence-corrected chi connectivity index (χ0v) is 17.9. The van der Waals surface area contributed by atoms with Gasteiger partial charge in [-0.25, -0.2) is 0 Å². The maximum absolute atomic E-state index is 13.1. The molecule has 0 spiro atoms. The van der Waals surface area contributed by atoms with Crippen LogP contribution in [0.4, 0.5) is 0 Å². The molecule has 1 aromatic rings. The van der Waals surface area contributed by atoms with Crippen molar-refractivity contribution in [3.63, 3.8) is 0 Å². The Morgan fingerprint density at radius 1 is 1.12 bits per heavy atom. The molecule has 2 aliphatic rings. The van der Waals surface area contributed by atoms with Gasteiger partial charge in [0.2, 0.25) is 5.91 Å². The highest BCUT2D eigenvalue weighted by Crippen LogP contribution is 2.47. The first-order valence-corrected chi connectivity index (χ1v) is 12.4. The summed E-state index contributed by atoms with van der Waals surface area (Å²) in [6, 6.07) is 7.72. The predicted molar refractivity (Wildman–Crippen MR) is 106 cm³/mol. The third-order valence-corrected chi connectivity index (χ3v) is 7.25. The Morgan fingerprint density at radius 3 is 2.35 bits per heavy atom. The van der Waals surface area contributed by atoms with Crippen LogP contribution in [-0.4, -0.2) is 32.4 Å². The van der Waals surface area contributed by atoms with Crippen molar-refractivity contribution in [1.29, 1.82) is 0 Å². The van der Waals surface area contributed by atoms with Crippen molar-refractivity contribution >= 4 is 20.7 Å². The quantitative estimate of drug-likeness (QED) is 0.650. The van der Waals surface area contributed by atoms with Crippen LogP contribution in [0.5, 0.6) is 0 Å². The van der Waals surface area contributed by atoms with Crippen LogP contribution in [0, 0.1) is 17.3 Å². The molecule has 0 radical (unpaired) electrons. The Morgan fingerprint density at radius 2 is 1.77 bits per heavy atom. The van der Waals surface area contributed by atoms with E-state index in [1.165, 1.54) is 0 Å². The minimum atomic E-state index is -1.36. The van der Waals surface area contributed by atoms with E-state index < -0.39 is 14.6 Å². The topological polar surface area (TPSA) is 55.4 Å². The lowest BCUT2D eigenvalue weighted by molar-refractivity contribution is -0.161. The number of nitrogens with one attached hydrogen (secondary N) is 1. The molecule has 0 unspecified atom stereocenters. The van der Waals surface area contributed by atoms with E-state index >= 15 is 0 Å². The summed E-state index contributed by atoms with van der Waals surface area (Å²) in [5, 5.41) is 3.05. The van der Waals surface area contributed by atoms with Crippen molar-refractivity contribution in [3.05, 3.63) is 35.4 Å². The second-order valence-electron chi connectivity index (χ2n) is 9.20. The Kier molecular flexibility index (Phi) is 4.91. The number of Topliss-reactive ketones (excluding diaryl/α,β-unsaturated/α-hetero) is 1. The number of β-lactam (4-membered cyclic amide) rings is 1. The molecule has 142 valence electrons. The van der Waals surface area contributed by atoms with Crippen LogP contribution in [0.2, 0.25) is 13.1 Å². The summed E-state index contributed by atoms with van der Waals surface area (Å²) >= 11 is 0. The number of fused-ring (bicyclic) bond motifs is 1. The third kappa shape index (κ3) is 3.05. The molecule has 1 amide bonds. The van der Waals surface area contributed by atoms with Crippen molar-refractivity contribution in [3.8, 4) is 0 Å². The Balaban J connectivity index is 1.92. The molecule has 1 heterocycles. The van der Waals surface area contributed by atoms with Crippen LogP contribution in [0.3, 0.4) is 0 Å². The van der Waals surface area contributed by atoms with Gasteiger partial charge in [-0.15, -0.1) is 0 Å². The molecule has 1 N–H and O–H groups in total. The minimum Gasteiger partial charge on any atom is -0.414 e. The lowest BCUT2D eigenvalue weighted by Gasteiger charge is -2.56. The first-order chi connectivity index (χ1) is 12.1. The van der Waals surface area contributed by atoms with Crippen LogP contribution < -0.4 is 5.32 Å². The molecule has 1 aliphatic heterocycles. The second kappa shape index (κ2) is 6.61. The van der Waals surface area contributed by atoms with E-state index in [1.54, 1.807) is 0 Å². The number of carbonyl (C=O) groups is 2. The molecular weight excluding hydrogens is 342 g/mol. The summed E-state index contributed by atoms with van der Waals surface area (Å²) < 4.78 is 6.47.